The predicted molar refractivity (Wildman–Crippen MR) is 429 cm³/mol. The van der Waals surface area contributed by atoms with E-state index in [9.17, 15) is 49.3 Å². The van der Waals surface area contributed by atoms with Gasteiger partial charge in [-0.25, -0.2) is 0 Å². The molecule has 0 aliphatic carbocycles. The zero-order valence-electron chi connectivity index (χ0n) is 60.8. The highest BCUT2D eigenvalue weighted by Gasteiger charge is 2.39. The van der Waals surface area contributed by atoms with Crippen LogP contribution >= 0.6 is 7.60 Å². The molecule has 13 aromatic carbocycles. The molecule has 0 aromatic heterocycles. The van der Waals surface area contributed by atoms with Crippen molar-refractivity contribution in [3.63, 3.8) is 0 Å². The Morgan fingerprint density at radius 1 is 0.308 bits per heavy atom. The maximum Gasteiger partial charge on any atom is 0.342 e. The Bertz CT molecular complexity index is 4980. The first-order chi connectivity index (χ1) is 51.7. The summed E-state index contributed by atoms with van der Waals surface area (Å²) in [5, 5.41) is 49.2. The third kappa shape index (κ3) is 22.0. The van der Waals surface area contributed by atoms with Crippen LogP contribution in [0.15, 0.2) is 322 Å². The Labute approximate surface area is 627 Å². The fourth-order valence-corrected chi connectivity index (χ4v) is 14.6. The van der Waals surface area contributed by atoms with Crippen molar-refractivity contribution in [3.05, 3.63) is 388 Å². The highest BCUT2D eigenvalue weighted by molar-refractivity contribution is 7.54. The molecule has 0 spiro atoms. The molecule has 5 N–H and O–H groups in total. The second-order valence-corrected chi connectivity index (χ2v) is 28.7. The number of phenolic OH excluding ortho intramolecular Hbond substituents is 5. The van der Waals surface area contributed by atoms with Crippen molar-refractivity contribution in [1.82, 2.24) is 0 Å². The normalized spacial score (nSPS) is 12.4. The summed E-state index contributed by atoms with van der Waals surface area (Å²) in [6, 6.07) is 100. The first-order valence-electron chi connectivity index (χ1n) is 35.4. The van der Waals surface area contributed by atoms with Gasteiger partial charge in [0.25, 0.3) is 0 Å². The molecule has 0 amide bonds. The van der Waals surface area contributed by atoms with Gasteiger partial charge in [0, 0.05) is 0 Å². The molecule has 0 fully saturated rings. The molecule has 13 rings (SSSR count). The third-order valence-electron chi connectivity index (χ3n) is 18.0. The van der Waals surface area contributed by atoms with E-state index in [1.54, 1.807) is 121 Å². The van der Waals surface area contributed by atoms with Crippen LogP contribution in [0.3, 0.4) is 0 Å². The smallest absolute Gasteiger partial charge is 0.342 e. The van der Waals surface area contributed by atoms with Crippen LogP contribution in [0.25, 0.3) is 33.0 Å². The van der Waals surface area contributed by atoms with Gasteiger partial charge >= 0.3 is 7.60 Å². The average molecular weight is 1440 g/mol. The largest absolute Gasteiger partial charge is 0.508 e. The van der Waals surface area contributed by atoms with Crippen molar-refractivity contribution in [1.29, 1.82) is 0 Å². The Morgan fingerprint density at radius 2 is 0.617 bits per heavy atom. The summed E-state index contributed by atoms with van der Waals surface area (Å²) < 4.78 is 25.2. The summed E-state index contributed by atoms with van der Waals surface area (Å²) in [6.45, 7) is 12.7. The van der Waals surface area contributed by atoms with E-state index in [2.05, 4.69) is 63.2 Å². The molecule has 13 heteroatoms. The lowest BCUT2D eigenvalue weighted by Gasteiger charge is -2.29. The maximum absolute atomic E-state index is 13.8. The predicted octanol–water partition coefficient (Wildman–Crippen LogP) is 21.7. The molecular weight excluding hydrogens is 1350 g/mol. The number of carbonyl (C=O) groups excluding carboxylic acids is 4. The zero-order valence-corrected chi connectivity index (χ0v) is 61.6. The number of aryl methyl sites for hydroxylation is 1. The van der Waals surface area contributed by atoms with Gasteiger partial charge in [0.2, 0.25) is 0 Å². The lowest BCUT2D eigenvalue weighted by Crippen LogP contribution is -2.14. The van der Waals surface area contributed by atoms with E-state index in [-0.39, 0.29) is 57.8 Å². The molecule has 0 saturated heterocycles. The van der Waals surface area contributed by atoms with Gasteiger partial charge < -0.3 is 53.8 Å². The molecule has 107 heavy (non-hydrogen) atoms. The van der Waals surface area contributed by atoms with E-state index in [0.717, 1.165) is 119 Å². The fraction of sp³-hybridized carbons (Fsp3) is 0.149. The van der Waals surface area contributed by atoms with Gasteiger partial charge in [-0.3, -0.25) is 4.57 Å². The minimum Gasteiger partial charge on any atom is -0.508 e. The minimum absolute atomic E-state index is 0.0402. The van der Waals surface area contributed by atoms with E-state index >= 15 is 0 Å². The lowest BCUT2D eigenvalue weighted by atomic mass is 9.84. The first kappa shape index (κ1) is 79.1. The number of phenols is 5. The molecular formula is C94H89O12P. The topological polar surface area (TPSA) is 205 Å². The number of carbonyl (C=O) groups is 4. The van der Waals surface area contributed by atoms with Crippen LogP contribution in [0.5, 0.6) is 28.7 Å². The van der Waals surface area contributed by atoms with Gasteiger partial charge in [-0.2, -0.15) is 0 Å². The van der Waals surface area contributed by atoms with Crippen molar-refractivity contribution >= 4 is 43.5 Å². The number of hydrogen-bond acceptors (Lipinski definition) is 12. The van der Waals surface area contributed by atoms with Gasteiger partial charge in [-0.15, -0.1) is 0 Å². The van der Waals surface area contributed by atoms with E-state index in [0.29, 0.717) is 13.2 Å². The van der Waals surface area contributed by atoms with E-state index < -0.39 is 13.3 Å². The van der Waals surface area contributed by atoms with Gasteiger partial charge in [0.05, 0.1) is 36.9 Å². The summed E-state index contributed by atoms with van der Waals surface area (Å²) in [5.74, 6) is -0.228. The van der Waals surface area contributed by atoms with Crippen LogP contribution in [0.4, 0.5) is 0 Å². The first-order valence-corrected chi connectivity index (χ1v) is 37.0. The molecule has 0 aliphatic heterocycles. The quantitative estimate of drug-likeness (QED) is 0.0337. The summed E-state index contributed by atoms with van der Waals surface area (Å²) in [5.41, 5.74) is 15.2. The molecule has 0 saturated carbocycles. The van der Waals surface area contributed by atoms with E-state index in [1.165, 1.54) is 5.56 Å². The van der Waals surface area contributed by atoms with E-state index in [4.69, 9.17) is 9.05 Å². The van der Waals surface area contributed by atoms with Crippen molar-refractivity contribution in [3.8, 4) is 51.0 Å². The zero-order chi connectivity index (χ0) is 76.3. The molecule has 5 unspecified atom stereocenters. The Balaban J connectivity index is 0.000000156. The van der Waals surface area contributed by atoms with Gasteiger partial charge in [-0.05, 0) is 181 Å². The number of aromatic hydroxyl groups is 5. The van der Waals surface area contributed by atoms with Crippen molar-refractivity contribution < 1.29 is 58.3 Å². The van der Waals surface area contributed by atoms with Crippen molar-refractivity contribution in [2.24, 2.45) is 0 Å². The summed E-state index contributed by atoms with van der Waals surface area (Å²) in [4.78, 5) is 45.7. The SMILES string of the molecule is CCOP(=O)(OCC)C(c1ccc(O)cc1)c1cc(C)cc(C(C)(C)C)c1.O=CC(c1ccc(O)cc1)c1ccc(-c2ccccc2)cc1.O=CC(c1ccc(O)cc1)c1ccc2ccccc2c1.O=CC(c1ccc(O)cc1)c1cccc(-c2ccccc2)c1.O=CC(c1ccccc1)c1ccc(O)cc1. The molecule has 5 atom stereocenters. The lowest BCUT2D eigenvalue weighted by molar-refractivity contribution is -0.109. The van der Waals surface area contributed by atoms with Crippen LogP contribution in [0, 0.1) is 6.92 Å². The molecule has 0 aliphatic rings. The summed E-state index contributed by atoms with van der Waals surface area (Å²) in [6.07, 6.45) is 3.73. The van der Waals surface area contributed by atoms with Crippen LogP contribution in [0.1, 0.15) is 131 Å². The van der Waals surface area contributed by atoms with Crippen LogP contribution in [-0.2, 0) is 38.2 Å². The third-order valence-corrected chi connectivity index (χ3v) is 20.5. The molecule has 0 heterocycles. The Hall–Kier alpha value is -12.1. The average Bonchev–Trinajstić information content (AvgIpc) is 0.758. The number of aldehydes is 4. The number of rotatable bonds is 21. The van der Waals surface area contributed by atoms with Crippen molar-refractivity contribution in [2.75, 3.05) is 13.2 Å². The number of benzene rings is 13. The van der Waals surface area contributed by atoms with Gasteiger partial charge in [-0.1, -0.05) is 287 Å². The number of fused-ring (bicyclic) bond motifs is 1. The molecule has 542 valence electrons. The molecule has 0 bridgehead atoms. The van der Waals surface area contributed by atoms with E-state index in [1.807, 2.05) is 178 Å². The van der Waals surface area contributed by atoms with Gasteiger partial charge in [0.15, 0.2) is 0 Å². The second-order valence-electron chi connectivity index (χ2n) is 26.6. The Morgan fingerprint density at radius 3 is 1.02 bits per heavy atom. The Kier molecular flexibility index (Phi) is 28.6. The summed E-state index contributed by atoms with van der Waals surface area (Å²) >= 11 is 0. The van der Waals surface area contributed by atoms with Crippen LogP contribution in [0.2, 0.25) is 0 Å². The van der Waals surface area contributed by atoms with Crippen LogP contribution in [-0.4, -0.2) is 63.9 Å². The second kappa shape index (κ2) is 38.6. The standard InChI is InChI=1S/C22H31O4P.2C20H16O2.C18H14O2.C14H12O2/c1-7-25-27(24,26-8-2)21(17-9-11-20(23)12-10-17)18-13-16(3)14-19(15-18)22(4,5)6;21-14-20(16-9-11-19(22)12-10-16)18-8-4-7-17(13-18)15-5-2-1-3-6-15;21-14-20(18-10-12-19(22)13-11-18)17-8-6-16(7-9-17)15-4-2-1-3-5-15;19-12-18(14-7-9-17(20)10-8-14)16-6-5-13-3-1-2-4-15(13)11-16;15-10-14(11-4-2-1-3-5-11)12-6-8-13(16)9-7-12/h9-15,21,23H,7-8H2,1-6H3;2*1-14,20,22H;1-12,18,20H;1-10,14,16H. The maximum atomic E-state index is 13.8. The number of hydrogen-bond donors (Lipinski definition) is 5. The van der Waals surface area contributed by atoms with Gasteiger partial charge in [0.1, 0.15) is 59.6 Å². The molecule has 12 nitrogen and oxygen atoms in total. The molecule has 0 radical (unpaired) electrons. The monoisotopic (exact) mass is 1440 g/mol. The van der Waals surface area contributed by atoms with Crippen molar-refractivity contribution in [2.45, 2.75) is 76.3 Å². The highest BCUT2D eigenvalue weighted by Crippen LogP contribution is 2.64. The molecule has 13 aromatic rings. The van der Waals surface area contributed by atoms with Crippen LogP contribution < -0.4 is 0 Å². The minimum atomic E-state index is -3.46. The highest BCUT2D eigenvalue weighted by atomic mass is 31.2. The fourth-order valence-electron chi connectivity index (χ4n) is 12.4. The summed E-state index contributed by atoms with van der Waals surface area (Å²) in [7, 11) is -3.46.